The number of rotatable bonds is 2. The van der Waals surface area contributed by atoms with E-state index in [1.807, 2.05) is 37.3 Å². The van der Waals surface area contributed by atoms with Crippen molar-refractivity contribution in [3.8, 4) is 0 Å². The van der Waals surface area contributed by atoms with Crippen molar-refractivity contribution >= 4 is 16.7 Å². The standard InChI is InChI=1S/C13H14N2O/c1-9-6-7-10-4-2-3-5-11(10)12(9)8-13(16)15-14/h2-7H,8,14H2,1H3,(H,15,16). The summed E-state index contributed by atoms with van der Waals surface area (Å²) < 4.78 is 0. The average molecular weight is 214 g/mol. The molecule has 0 saturated heterocycles. The van der Waals surface area contributed by atoms with Crippen LogP contribution in [0.25, 0.3) is 10.8 Å². The van der Waals surface area contributed by atoms with Gasteiger partial charge in [-0.25, -0.2) is 5.84 Å². The highest BCUT2D eigenvalue weighted by atomic mass is 16.2. The quantitative estimate of drug-likeness (QED) is 0.454. The minimum atomic E-state index is -0.167. The van der Waals surface area contributed by atoms with E-state index in [1.165, 1.54) is 0 Å². The summed E-state index contributed by atoms with van der Waals surface area (Å²) in [4.78, 5) is 11.3. The molecule has 0 aliphatic carbocycles. The first kappa shape index (κ1) is 10.6. The van der Waals surface area contributed by atoms with Crippen LogP contribution in [0.3, 0.4) is 0 Å². The topological polar surface area (TPSA) is 55.1 Å². The van der Waals surface area contributed by atoms with Crippen LogP contribution in [-0.4, -0.2) is 5.91 Å². The number of hydrazine groups is 1. The van der Waals surface area contributed by atoms with Crippen LogP contribution in [0.15, 0.2) is 36.4 Å². The van der Waals surface area contributed by atoms with Gasteiger partial charge in [0.2, 0.25) is 5.91 Å². The Balaban J connectivity index is 2.57. The van der Waals surface area contributed by atoms with E-state index in [0.29, 0.717) is 6.42 Å². The van der Waals surface area contributed by atoms with Gasteiger partial charge in [-0.05, 0) is 28.8 Å². The SMILES string of the molecule is Cc1ccc2ccccc2c1CC(=O)NN. The first-order chi connectivity index (χ1) is 7.72. The van der Waals surface area contributed by atoms with Gasteiger partial charge < -0.3 is 0 Å². The van der Waals surface area contributed by atoms with E-state index >= 15 is 0 Å². The van der Waals surface area contributed by atoms with Gasteiger partial charge in [0.15, 0.2) is 0 Å². The van der Waals surface area contributed by atoms with Gasteiger partial charge in [0.1, 0.15) is 0 Å². The summed E-state index contributed by atoms with van der Waals surface area (Å²) in [5, 5.41) is 2.26. The fourth-order valence-electron chi connectivity index (χ4n) is 1.89. The molecule has 16 heavy (non-hydrogen) atoms. The summed E-state index contributed by atoms with van der Waals surface area (Å²) in [6.07, 6.45) is 0.323. The summed E-state index contributed by atoms with van der Waals surface area (Å²) in [7, 11) is 0. The third kappa shape index (κ3) is 1.90. The monoisotopic (exact) mass is 214 g/mol. The number of amides is 1. The molecule has 0 radical (unpaired) electrons. The van der Waals surface area contributed by atoms with Gasteiger partial charge in [-0.1, -0.05) is 36.4 Å². The largest absolute Gasteiger partial charge is 0.294 e. The third-order valence-electron chi connectivity index (χ3n) is 2.77. The highest BCUT2D eigenvalue weighted by Gasteiger charge is 2.08. The molecule has 3 N–H and O–H groups in total. The Morgan fingerprint density at radius 3 is 2.75 bits per heavy atom. The molecule has 0 bridgehead atoms. The maximum atomic E-state index is 11.3. The van der Waals surface area contributed by atoms with Crippen molar-refractivity contribution in [3.05, 3.63) is 47.5 Å². The molecule has 0 fully saturated rings. The normalized spacial score (nSPS) is 10.4. The Morgan fingerprint density at radius 2 is 2.00 bits per heavy atom. The van der Waals surface area contributed by atoms with Gasteiger partial charge in [-0.3, -0.25) is 10.2 Å². The zero-order chi connectivity index (χ0) is 11.5. The summed E-state index contributed by atoms with van der Waals surface area (Å²) in [6.45, 7) is 2.01. The van der Waals surface area contributed by atoms with Crippen LogP contribution < -0.4 is 11.3 Å². The Labute approximate surface area is 94.2 Å². The molecule has 0 aliphatic rings. The maximum Gasteiger partial charge on any atom is 0.238 e. The molecule has 0 heterocycles. The minimum absolute atomic E-state index is 0.167. The van der Waals surface area contributed by atoms with E-state index in [-0.39, 0.29) is 5.91 Å². The van der Waals surface area contributed by atoms with E-state index < -0.39 is 0 Å². The van der Waals surface area contributed by atoms with Crippen LogP contribution in [-0.2, 0) is 11.2 Å². The molecule has 3 heteroatoms. The van der Waals surface area contributed by atoms with Crippen LogP contribution in [0.4, 0.5) is 0 Å². The van der Waals surface area contributed by atoms with Crippen molar-refractivity contribution in [2.45, 2.75) is 13.3 Å². The summed E-state index contributed by atoms with van der Waals surface area (Å²) in [6, 6.07) is 12.1. The Bertz CT molecular complexity index is 534. The van der Waals surface area contributed by atoms with Crippen LogP contribution in [0.5, 0.6) is 0 Å². The van der Waals surface area contributed by atoms with Crippen molar-refractivity contribution in [1.82, 2.24) is 5.43 Å². The first-order valence-electron chi connectivity index (χ1n) is 5.19. The van der Waals surface area contributed by atoms with Crippen molar-refractivity contribution in [3.63, 3.8) is 0 Å². The Hall–Kier alpha value is -1.87. The highest BCUT2D eigenvalue weighted by molar-refractivity contribution is 5.91. The number of benzene rings is 2. The third-order valence-corrected chi connectivity index (χ3v) is 2.77. The number of nitrogens with one attached hydrogen (secondary N) is 1. The van der Waals surface area contributed by atoms with Gasteiger partial charge >= 0.3 is 0 Å². The molecule has 0 atom stereocenters. The average Bonchev–Trinajstić information content (AvgIpc) is 2.32. The number of carbonyl (C=O) groups is 1. The lowest BCUT2D eigenvalue weighted by Crippen LogP contribution is -2.31. The number of nitrogens with two attached hydrogens (primary N) is 1. The van der Waals surface area contributed by atoms with Gasteiger partial charge in [0.05, 0.1) is 6.42 Å². The maximum absolute atomic E-state index is 11.3. The van der Waals surface area contributed by atoms with Gasteiger partial charge in [0.25, 0.3) is 0 Å². The second-order valence-corrected chi connectivity index (χ2v) is 3.83. The van der Waals surface area contributed by atoms with Gasteiger partial charge in [-0.15, -0.1) is 0 Å². The lowest BCUT2D eigenvalue weighted by molar-refractivity contribution is -0.120. The zero-order valence-corrected chi connectivity index (χ0v) is 9.16. The van der Waals surface area contributed by atoms with Crippen LogP contribution in [0.2, 0.25) is 0 Å². The van der Waals surface area contributed by atoms with E-state index in [1.54, 1.807) is 0 Å². The zero-order valence-electron chi connectivity index (χ0n) is 9.16. The number of carbonyl (C=O) groups excluding carboxylic acids is 1. The minimum Gasteiger partial charge on any atom is -0.294 e. The highest BCUT2D eigenvalue weighted by Crippen LogP contribution is 2.22. The lowest BCUT2D eigenvalue weighted by atomic mass is 9.97. The predicted octanol–water partition coefficient (Wildman–Crippen LogP) is 1.68. The second kappa shape index (κ2) is 4.33. The number of hydrogen-bond donors (Lipinski definition) is 2. The van der Waals surface area contributed by atoms with E-state index in [0.717, 1.165) is 21.9 Å². The molecule has 1 amide bonds. The smallest absolute Gasteiger partial charge is 0.238 e. The lowest BCUT2D eigenvalue weighted by Gasteiger charge is -2.09. The number of hydrogen-bond acceptors (Lipinski definition) is 2. The first-order valence-corrected chi connectivity index (χ1v) is 5.19. The van der Waals surface area contributed by atoms with Crippen LogP contribution in [0.1, 0.15) is 11.1 Å². The number of fused-ring (bicyclic) bond motifs is 1. The molecular formula is C13H14N2O. The van der Waals surface area contributed by atoms with Crippen molar-refractivity contribution in [2.24, 2.45) is 5.84 Å². The van der Waals surface area contributed by atoms with Crippen molar-refractivity contribution in [1.29, 1.82) is 0 Å². The molecule has 0 aliphatic heterocycles. The van der Waals surface area contributed by atoms with Gasteiger partial charge in [-0.2, -0.15) is 0 Å². The molecule has 2 rings (SSSR count). The molecule has 82 valence electrons. The molecule has 2 aromatic rings. The van der Waals surface area contributed by atoms with Gasteiger partial charge in [0, 0.05) is 0 Å². The number of aryl methyl sites for hydroxylation is 1. The fourth-order valence-corrected chi connectivity index (χ4v) is 1.89. The summed E-state index contributed by atoms with van der Waals surface area (Å²) in [5.74, 6) is 4.95. The summed E-state index contributed by atoms with van der Waals surface area (Å²) >= 11 is 0. The molecule has 2 aromatic carbocycles. The molecule has 0 unspecified atom stereocenters. The van der Waals surface area contributed by atoms with Crippen molar-refractivity contribution in [2.75, 3.05) is 0 Å². The van der Waals surface area contributed by atoms with E-state index in [2.05, 4.69) is 11.5 Å². The predicted molar refractivity (Wildman–Crippen MR) is 64.7 cm³/mol. The molecule has 3 nitrogen and oxygen atoms in total. The van der Waals surface area contributed by atoms with E-state index in [4.69, 9.17) is 5.84 Å². The van der Waals surface area contributed by atoms with Crippen LogP contribution >= 0.6 is 0 Å². The summed E-state index contributed by atoms with van der Waals surface area (Å²) in [5.41, 5.74) is 4.32. The fraction of sp³-hybridized carbons (Fsp3) is 0.154. The molecule has 0 spiro atoms. The Kier molecular flexibility index (Phi) is 2.88. The van der Waals surface area contributed by atoms with Crippen molar-refractivity contribution < 1.29 is 4.79 Å². The van der Waals surface area contributed by atoms with Crippen LogP contribution in [0, 0.1) is 6.92 Å². The second-order valence-electron chi connectivity index (χ2n) is 3.83. The van der Waals surface area contributed by atoms with E-state index in [9.17, 15) is 4.79 Å². The molecule has 0 saturated carbocycles. The molecular weight excluding hydrogens is 200 g/mol. The molecule has 0 aromatic heterocycles. The Morgan fingerprint density at radius 1 is 1.25 bits per heavy atom.